The molecule has 0 spiro atoms. The maximum atomic E-state index is 12.3. The molecule has 1 N–H and O–H groups in total. The van der Waals surface area contributed by atoms with E-state index < -0.39 is 0 Å². The number of aromatic nitrogens is 3. The molecule has 1 fully saturated rings. The van der Waals surface area contributed by atoms with Gasteiger partial charge in [-0.15, -0.1) is 0 Å². The molecule has 116 valence electrons. The van der Waals surface area contributed by atoms with E-state index >= 15 is 0 Å². The zero-order chi connectivity index (χ0) is 15.5. The number of carbonyl (C=O) groups is 1. The van der Waals surface area contributed by atoms with Crippen LogP contribution in [0.3, 0.4) is 0 Å². The van der Waals surface area contributed by atoms with Crippen LogP contribution in [-0.4, -0.2) is 59.3 Å². The van der Waals surface area contributed by atoms with E-state index in [1.165, 1.54) is 0 Å². The highest BCUT2D eigenvalue weighted by Gasteiger charge is 2.29. The van der Waals surface area contributed by atoms with Gasteiger partial charge in [0.25, 0.3) is 5.91 Å². The van der Waals surface area contributed by atoms with Gasteiger partial charge in [-0.2, -0.15) is 5.10 Å². The smallest absolute Gasteiger partial charge is 0.271 e. The number of pyridine rings is 1. The summed E-state index contributed by atoms with van der Waals surface area (Å²) >= 11 is 0. The first-order valence-electron chi connectivity index (χ1n) is 7.23. The summed E-state index contributed by atoms with van der Waals surface area (Å²) in [5, 5.41) is 6.52. The van der Waals surface area contributed by atoms with Gasteiger partial charge in [0.15, 0.2) is 11.6 Å². The number of carbonyl (C=O) groups excluding carboxylic acids is 1. The number of anilines is 1. The topological polar surface area (TPSA) is 74.3 Å². The standard InChI is InChI=1S/C15H19N5O2/c1-19(2)14-13(4-3-7-16-14)22-11-6-9-20(10-11)15(21)12-5-8-17-18-12/h3-5,7-8,11H,6,9-10H2,1-2H3,(H,17,18)/t11-/m0/s1. The summed E-state index contributed by atoms with van der Waals surface area (Å²) in [6.45, 7) is 1.25. The summed E-state index contributed by atoms with van der Waals surface area (Å²) < 4.78 is 6.04. The molecule has 2 aromatic rings. The van der Waals surface area contributed by atoms with Crippen molar-refractivity contribution in [1.29, 1.82) is 0 Å². The predicted octanol–water partition coefficient (Wildman–Crippen LogP) is 1.16. The van der Waals surface area contributed by atoms with Crippen molar-refractivity contribution in [3.63, 3.8) is 0 Å². The van der Waals surface area contributed by atoms with E-state index in [2.05, 4.69) is 15.2 Å². The molecule has 0 unspecified atom stereocenters. The van der Waals surface area contributed by atoms with Crippen LogP contribution in [0.1, 0.15) is 16.9 Å². The summed E-state index contributed by atoms with van der Waals surface area (Å²) in [5.41, 5.74) is 0.510. The van der Waals surface area contributed by atoms with Gasteiger partial charge in [-0.05, 0) is 18.2 Å². The van der Waals surface area contributed by atoms with Gasteiger partial charge in [0.2, 0.25) is 0 Å². The second-order valence-electron chi connectivity index (χ2n) is 5.47. The maximum Gasteiger partial charge on any atom is 0.271 e. The van der Waals surface area contributed by atoms with Crippen molar-refractivity contribution in [2.45, 2.75) is 12.5 Å². The van der Waals surface area contributed by atoms with Gasteiger partial charge >= 0.3 is 0 Å². The Morgan fingerprint density at radius 1 is 1.41 bits per heavy atom. The molecule has 0 radical (unpaired) electrons. The Hall–Kier alpha value is -2.57. The molecular formula is C15H19N5O2. The first-order valence-corrected chi connectivity index (χ1v) is 7.23. The molecular weight excluding hydrogens is 282 g/mol. The number of H-pyrrole nitrogens is 1. The lowest BCUT2D eigenvalue weighted by Crippen LogP contribution is -2.31. The lowest BCUT2D eigenvalue weighted by atomic mass is 10.3. The van der Waals surface area contributed by atoms with Crippen molar-refractivity contribution < 1.29 is 9.53 Å². The van der Waals surface area contributed by atoms with Gasteiger partial charge in [-0.25, -0.2) is 4.98 Å². The van der Waals surface area contributed by atoms with Gasteiger partial charge in [0.05, 0.1) is 6.54 Å². The molecule has 1 aliphatic rings. The highest BCUT2D eigenvalue weighted by Crippen LogP contribution is 2.26. The van der Waals surface area contributed by atoms with Crippen molar-refractivity contribution in [3.8, 4) is 5.75 Å². The molecule has 0 bridgehead atoms. The Morgan fingerprint density at radius 3 is 3.00 bits per heavy atom. The molecule has 7 heteroatoms. The van der Waals surface area contributed by atoms with E-state index in [1.54, 1.807) is 23.4 Å². The van der Waals surface area contributed by atoms with Gasteiger partial charge in [-0.3, -0.25) is 9.89 Å². The Labute approximate surface area is 128 Å². The Morgan fingerprint density at radius 2 is 2.27 bits per heavy atom. The van der Waals surface area contributed by atoms with Crippen molar-refractivity contribution in [2.24, 2.45) is 0 Å². The summed E-state index contributed by atoms with van der Waals surface area (Å²) in [7, 11) is 3.86. The van der Waals surface area contributed by atoms with Crippen molar-refractivity contribution in [2.75, 3.05) is 32.1 Å². The van der Waals surface area contributed by atoms with Crippen LogP contribution in [0.4, 0.5) is 5.82 Å². The summed E-state index contributed by atoms with van der Waals surface area (Å²) in [6.07, 6.45) is 4.11. The van der Waals surface area contributed by atoms with Gasteiger partial charge in [0, 0.05) is 39.5 Å². The first-order chi connectivity index (χ1) is 10.6. The number of likely N-dealkylation sites (tertiary alicyclic amines) is 1. The minimum absolute atomic E-state index is 0.0187. The summed E-state index contributed by atoms with van der Waals surface area (Å²) in [5.74, 6) is 1.50. The number of amides is 1. The molecule has 1 aliphatic heterocycles. The zero-order valence-electron chi connectivity index (χ0n) is 12.7. The normalized spacial score (nSPS) is 17.5. The third kappa shape index (κ3) is 2.88. The monoisotopic (exact) mass is 301 g/mol. The van der Waals surface area contributed by atoms with E-state index in [-0.39, 0.29) is 12.0 Å². The fraction of sp³-hybridized carbons (Fsp3) is 0.400. The molecule has 0 aliphatic carbocycles. The molecule has 22 heavy (non-hydrogen) atoms. The van der Waals surface area contributed by atoms with Crippen LogP contribution in [0, 0.1) is 0 Å². The van der Waals surface area contributed by atoms with E-state index in [4.69, 9.17) is 4.74 Å². The lowest BCUT2D eigenvalue weighted by molar-refractivity contribution is 0.0766. The second-order valence-corrected chi connectivity index (χ2v) is 5.47. The molecule has 7 nitrogen and oxygen atoms in total. The van der Waals surface area contributed by atoms with Crippen LogP contribution >= 0.6 is 0 Å². The molecule has 1 saturated heterocycles. The molecule has 0 saturated carbocycles. The van der Waals surface area contributed by atoms with Crippen LogP contribution in [0.25, 0.3) is 0 Å². The molecule has 1 amide bonds. The fourth-order valence-electron chi connectivity index (χ4n) is 2.54. The van der Waals surface area contributed by atoms with Crippen molar-refractivity contribution in [3.05, 3.63) is 36.3 Å². The van der Waals surface area contributed by atoms with Gasteiger partial charge in [0.1, 0.15) is 11.8 Å². The first kappa shape index (κ1) is 14.4. The van der Waals surface area contributed by atoms with Gasteiger partial charge < -0.3 is 14.5 Å². The number of nitrogens with one attached hydrogen (secondary N) is 1. The number of aromatic amines is 1. The number of rotatable bonds is 4. The lowest BCUT2D eigenvalue weighted by Gasteiger charge is -2.20. The largest absolute Gasteiger partial charge is 0.485 e. The minimum atomic E-state index is -0.0392. The van der Waals surface area contributed by atoms with Crippen LogP contribution in [0.5, 0.6) is 5.75 Å². The molecule has 1 atom stereocenters. The molecule has 0 aromatic carbocycles. The van der Waals surface area contributed by atoms with Crippen molar-refractivity contribution >= 4 is 11.7 Å². The molecule has 2 aromatic heterocycles. The zero-order valence-corrected chi connectivity index (χ0v) is 12.7. The van der Waals surface area contributed by atoms with E-state index in [0.717, 1.165) is 18.0 Å². The Balaban J connectivity index is 1.65. The molecule has 3 rings (SSSR count). The highest BCUT2D eigenvalue weighted by molar-refractivity contribution is 5.92. The van der Waals surface area contributed by atoms with E-state index in [0.29, 0.717) is 18.8 Å². The maximum absolute atomic E-state index is 12.3. The fourth-order valence-corrected chi connectivity index (χ4v) is 2.54. The number of nitrogens with zero attached hydrogens (tertiary/aromatic N) is 4. The van der Waals surface area contributed by atoms with Crippen LogP contribution in [0.15, 0.2) is 30.6 Å². The van der Waals surface area contributed by atoms with Gasteiger partial charge in [-0.1, -0.05) is 0 Å². The average Bonchev–Trinajstić information content (AvgIpc) is 3.18. The summed E-state index contributed by atoms with van der Waals surface area (Å²) in [4.78, 5) is 20.3. The SMILES string of the molecule is CN(C)c1ncccc1O[C@H]1CCN(C(=O)c2ccn[nH]2)C1. The van der Waals surface area contributed by atoms with Crippen LogP contribution in [-0.2, 0) is 0 Å². The highest BCUT2D eigenvalue weighted by atomic mass is 16.5. The van der Waals surface area contributed by atoms with E-state index in [1.807, 2.05) is 31.1 Å². The minimum Gasteiger partial charge on any atom is -0.485 e. The number of hydrogen-bond donors (Lipinski definition) is 1. The van der Waals surface area contributed by atoms with Crippen LogP contribution in [0.2, 0.25) is 0 Å². The third-order valence-electron chi connectivity index (χ3n) is 3.63. The Kier molecular flexibility index (Phi) is 3.95. The van der Waals surface area contributed by atoms with Crippen molar-refractivity contribution in [1.82, 2.24) is 20.1 Å². The molecule has 3 heterocycles. The second kappa shape index (κ2) is 6.05. The number of ether oxygens (including phenoxy) is 1. The number of hydrogen-bond acceptors (Lipinski definition) is 5. The predicted molar refractivity (Wildman–Crippen MR) is 82.1 cm³/mol. The summed E-state index contributed by atoms with van der Waals surface area (Å²) in [6, 6.07) is 5.44. The third-order valence-corrected chi connectivity index (χ3v) is 3.63. The van der Waals surface area contributed by atoms with Crippen LogP contribution < -0.4 is 9.64 Å². The Bertz CT molecular complexity index is 641. The average molecular weight is 301 g/mol. The quantitative estimate of drug-likeness (QED) is 0.917. The van der Waals surface area contributed by atoms with E-state index in [9.17, 15) is 4.79 Å².